The highest BCUT2D eigenvalue weighted by molar-refractivity contribution is 5.74. The maximum atomic E-state index is 12.6. The average molecular weight is 359 g/mol. The summed E-state index contributed by atoms with van der Waals surface area (Å²) >= 11 is 0. The number of fused-ring (bicyclic) bond motifs is 1. The van der Waals surface area contributed by atoms with Crippen LogP contribution in [0.1, 0.15) is 45.7 Å². The first-order chi connectivity index (χ1) is 12.2. The molecule has 6 nitrogen and oxygen atoms in total. The number of nitrogens with one attached hydrogen (secondary N) is 2. The van der Waals surface area contributed by atoms with E-state index in [1.54, 1.807) is 11.8 Å². The van der Waals surface area contributed by atoms with Gasteiger partial charge < -0.3 is 20.3 Å². The summed E-state index contributed by atoms with van der Waals surface area (Å²) in [6, 6.07) is 10.3. The number of piperidine rings is 1. The van der Waals surface area contributed by atoms with Crippen molar-refractivity contribution in [2.24, 2.45) is 5.92 Å². The van der Waals surface area contributed by atoms with Crippen LogP contribution in [-0.2, 0) is 9.53 Å². The third-order valence-corrected chi connectivity index (χ3v) is 5.23. The Morgan fingerprint density at radius 1 is 1.27 bits per heavy atom. The van der Waals surface area contributed by atoms with Gasteiger partial charge in [0, 0.05) is 38.5 Å². The summed E-state index contributed by atoms with van der Waals surface area (Å²) in [4.78, 5) is 26.2. The third kappa shape index (κ3) is 3.85. The van der Waals surface area contributed by atoms with Gasteiger partial charge in [0.1, 0.15) is 5.60 Å². The lowest BCUT2D eigenvalue weighted by molar-refractivity contribution is -0.121. The van der Waals surface area contributed by atoms with Gasteiger partial charge >= 0.3 is 6.09 Å². The first kappa shape index (κ1) is 18.7. The van der Waals surface area contributed by atoms with Gasteiger partial charge in [0.05, 0.1) is 5.54 Å². The molecule has 2 amide bonds. The minimum absolute atomic E-state index is 0.0313. The first-order valence-corrected chi connectivity index (χ1v) is 9.25. The molecule has 2 N–H and O–H groups in total. The molecule has 0 bridgehead atoms. The molecule has 1 unspecified atom stereocenters. The van der Waals surface area contributed by atoms with Crippen molar-refractivity contribution in [3.63, 3.8) is 0 Å². The van der Waals surface area contributed by atoms with Crippen molar-refractivity contribution in [2.45, 2.75) is 51.3 Å². The highest BCUT2D eigenvalue weighted by Gasteiger charge is 2.53. The van der Waals surface area contributed by atoms with E-state index in [2.05, 4.69) is 22.8 Å². The number of benzene rings is 1. The van der Waals surface area contributed by atoms with Gasteiger partial charge in [-0.15, -0.1) is 0 Å². The molecule has 1 aromatic carbocycles. The third-order valence-electron chi connectivity index (χ3n) is 5.23. The number of hydrogen-bond donors (Lipinski definition) is 2. The van der Waals surface area contributed by atoms with Crippen LogP contribution in [0.4, 0.5) is 4.79 Å². The maximum absolute atomic E-state index is 12.6. The van der Waals surface area contributed by atoms with Crippen molar-refractivity contribution in [3.05, 3.63) is 35.9 Å². The molecule has 0 spiro atoms. The number of carbonyl (C=O) groups is 2. The number of amides is 2. The van der Waals surface area contributed by atoms with Crippen LogP contribution in [0.2, 0.25) is 0 Å². The second kappa shape index (κ2) is 6.91. The first-order valence-electron chi connectivity index (χ1n) is 9.25. The molecule has 0 aliphatic carbocycles. The SMILES string of the molecule is CC(=O)N[C@@]12CCN(C(=O)OC(C)(C)C)CC1[C@@H](c1ccccc1)NC2. The van der Waals surface area contributed by atoms with Crippen LogP contribution in [0, 0.1) is 5.92 Å². The van der Waals surface area contributed by atoms with Crippen molar-refractivity contribution in [1.82, 2.24) is 15.5 Å². The van der Waals surface area contributed by atoms with E-state index in [1.165, 1.54) is 5.56 Å². The molecule has 142 valence electrons. The fourth-order valence-electron chi connectivity index (χ4n) is 4.15. The Morgan fingerprint density at radius 3 is 2.58 bits per heavy atom. The second-order valence-corrected chi connectivity index (χ2v) is 8.39. The number of ether oxygens (including phenoxy) is 1. The number of rotatable bonds is 2. The van der Waals surface area contributed by atoms with E-state index in [4.69, 9.17) is 4.74 Å². The largest absolute Gasteiger partial charge is 0.444 e. The second-order valence-electron chi connectivity index (χ2n) is 8.39. The summed E-state index contributed by atoms with van der Waals surface area (Å²) in [7, 11) is 0. The Balaban J connectivity index is 1.84. The average Bonchev–Trinajstić information content (AvgIpc) is 2.91. The van der Waals surface area contributed by atoms with Gasteiger partial charge in [0.2, 0.25) is 5.91 Å². The van der Waals surface area contributed by atoms with E-state index in [0.717, 1.165) is 0 Å². The molecule has 2 saturated heterocycles. The van der Waals surface area contributed by atoms with E-state index in [-0.39, 0.29) is 29.5 Å². The molecule has 2 fully saturated rings. The molecule has 0 aromatic heterocycles. The van der Waals surface area contributed by atoms with Gasteiger partial charge in [-0.2, -0.15) is 0 Å². The van der Waals surface area contributed by atoms with Crippen molar-refractivity contribution in [1.29, 1.82) is 0 Å². The van der Waals surface area contributed by atoms with Crippen molar-refractivity contribution < 1.29 is 14.3 Å². The topological polar surface area (TPSA) is 70.7 Å². The maximum Gasteiger partial charge on any atom is 0.410 e. The highest BCUT2D eigenvalue weighted by atomic mass is 16.6. The van der Waals surface area contributed by atoms with E-state index in [9.17, 15) is 9.59 Å². The summed E-state index contributed by atoms with van der Waals surface area (Å²) in [5.74, 6) is 0.0614. The zero-order valence-electron chi connectivity index (χ0n) is 16.0. The van der Waals surface area contributed by atoms with Gasteiger partial charge in [-0.1, -0.05) is 30.3 Å². The minimum atomic E-state index is -0.518. The van der Waals surface area contributed by atoms with Crippen LogP contribution < -0.4 is 10.6 Å². The Morgan fingerprint density at radius 2 is 1.96 bits per heavy atom. The predicted molar refractivity (Wildman–Crippen MR) is 99.6 cm³/mol. The number of likely N-dealkylation sites (tertiary alicyclic amines) is 1. The minimum Gasteiger partial charge on any atom is -0.444 e. The van der Waals surface area contributed by atoms with E-state index in [0.29, 0.717) is 26.1 Å². The molecule has 0 saturated carbocycles. The summed E-state index contributed by atoms with van der Waals surface area (Å²) in [5.41, 5.74) is 0.330. The lowest BCUT2D eigenvalue weighted by Crippen LogP contribution is -2.62. The Hall–Kier alpha value is -2.08. The Labute approximate surface area is 155 Å². The predicted octanol–water partition coefficient (Wildman–Crippen LogP) is 2.46. The van der Waals surface area contributed by atoms with Crippen molar-refractivity contribution in [2.75, 3.05) is 19.6 Å². The van der Waals surface area contributed by atoms with Crippen molar-refractivity contribution in [3.8, 4) is 0 Å². The lowest BCUT2D eigenvalue weighted by atomic mass is 9.75. The van der Waals surface area contributed by atoms with Crippen LogP contribution in [0.25, 0.3) is 0 Å². The van der Waals surface area contributed by atoms with Gasteiger partial charge in [-0.3, -0.25) is 4.79 Å². The zero-order chi connectivity index (χ0) is 18.9. The monoisotopic (exact) mass is 359 g/mol. The van der Waals surface area contributed by atoms with E-state index < -0.39 is 5.60 Å². The normalized spacial score (nSPS) is 28.4. The molecule has 3 rings (SSSR count). The van der Waals surface area contributed by atoms with Gasteiger partial charge in [0.15, 0.2) is 0 Å². The Kier molecular flexibility index (Phi) is 4.97. The molecule has 1 aromatic rings. The number of nitrogens with zero attached hydrogens (tertiary/aromatic N) is 1. The molecule has 6 heteroatoms. The Bertz CT molecular complexity index is 671. The lowest BCUT2D eigenvalue weighted by Gasteiger charge is -2.45. The smallest absolute Gasteiger partial charge is 0.410 e. The quantitative estimate of drug-likeness (QED) is 0.851. The van der Waals surface area contributed by atoms with Crippen LogP contribution >= 0.6 is 0 Å². The van der Waals surface area contributed by atoms with Crippen LogP contribution in [0.15, 0.2) is 30.3 Å². The van der Waals surface area contributed by atoms with Gasteiger partial charge in [-0.05, 0) is 32.8 Å². The summed E-state index contributed by atoms with van der Waals surface area (Å²) in [6.45, 7) is 9.03. The zero-order valence-corrected chi connectivity index (χ0v) is 16.0. The van der Waals surface area contributed by atoms with Gasteiger partial charge in [-0.25, -0.2) is 4.79 Å². The molecule has 26 heavy (non-hydrogen) atoms. The fraction of sp³-hybridized carbons (Fsp3) is 0.600. The van der Waals surface area contributed by atoms with Crippen LogP contribution in [-0.4, -0.2) is 47.7 Å². The summed E-state index contributed by atoms with van der Waals surface area (Å²) in [6.07, 6.45) is 0.431. The number of hydrogen-bond acceptors (Lipinski definition) is 4. The fourth-order valence-corrected chi connectivity index (χ4v) is 4.15. The van der Waals surface area contributed by atoms with Crippen LogP contribution in [0.3, 0.4) is 0 Å². The van der Waals surface area contributed by atoms with Crippen LogP contribution in [0.5, 0.6) is 0 Å². The summed E-state index contributed by atoms with van der Waals surface area (Å²) < 4.78 is 5.56. The number of carbonyl (C=O) groups excluding carboxylic acids is 2. The van der Waals surface area contributed by atoms with Crippen molar-refractivity contribution >= 4 is 12.0 Å². The van der Waals surface area contributed by atoms with Gasteiger partial charge in [0.25, 0.3) is 0 Å². The molecule has 3 atom stereocenters. The molecule has 2 aliphatic heterocycles. The summed E-state index contributed by atoms with van der Waals surface area (Å²) in [5, 5.41) is 6.76. The molecular weight excluding hydrogens is 330 g/mol. The molecule has 2 aliphatic rings. The molecule has 2 heterocycles. The highest BCUT2D eigenvalue weighted by Crippen LogP contribution is 2.42. The molecule has 0 radical (unpaired) electrons. The molecular formula is C20H29N3O3. The standard InChI is InChI=1S/C20H29N3O3/c1-14(24)22-20-10-11-23(18(25)26-19(2,3)4)12-16(20)17(21-13-20)15-8-6-5-7-9-15/h5-9,16-17,21H,10-13H2,1-4H3,(H,22,24)/t16?,17-,20-/m1/s1. The van der Waals surface area contributed by atoms with E-state index in [1.807, 2.05) is 39.0 Å². The van der Waals surface area contributed by atoms with E-state index >= 15 is 0 Å².